The molecule has 3 rings (SSSR count). The SMILES string of the molecule is Cc1cc(NC(=O)Cn2cc(CNCC3CC3)nn2)on1. The Labute approximate surface area is 121 Å². The van der Waals surface area contributed by atoms with E-state index in [1.165, 1.54) is 17.5 Å². The van der Waals surface area contributed by atoms with Crippen LogP contribution >= 0.6 is 0 Å². The van der Waals surface area contributed by atoms with Crippen molar-refractivity contribution >= 4 is 11.8 Å². The van der Waals surface area contributed by atoms with Crippen molar-refractivity contribution in [2.24, 2.45) is 5.92 Å². The summed E-state index contributed by atoms with van der Waals surface area (Å²) in [5.74, 6) is 0.939. The number of aryl methyl sites for hydroxylation is 1. The molecule has 112 valence electrons. The molecule has 2 aromatic rings. The first-order valence-electron chi connectivity index (χ1n) is 7.02. The third kappa shape index (κ3) is 4.12. The molecule has 2 heterocycles. The van der Waals surface area contributed by atoms with Crippen molar-refractivity contribution in [3.63, 3.8) is 0 Å². The molecule has 21 heavy (non-hydrogen) atoms. The molecule has 2 aromatic heterocycles. The Kier molecular flexibility index (Phi) is 3.96. The summed E-state index contributed by atoms with van der Waals surface area (Å²) in [7, 11) is 0. The Bertz CT molecular complexity index is 616. The number of amides is 1. The van der Waals surface area contributed by atoms with E-state index in [9.17, 15) is 4.79 Å². The van der Waals surface area contributed by atoms with Gasteiger partial charge >= 0.3 is 0 Å². The van der Waals surface area contributed by atoms with Gasteiger partial charge in [0.2, 0.25) is 11.8 Å². The number of nitrogens with zero attached hydrogens (tertiary/aromatic N) is 4. The van der Waals surface area contributed by atoms with E-state index < -0.39 is 0 Å². The quantitative estimate of drug-likeness (QED) is 0.779. The number of anilines is 1. The summed E-state index contributed by atoms with van der Waals surface area (Å²) in [4.78, 5) is 11.8. The normalized spacial score (nSPS) is 14.3. The molecule has 2 N–H and O–H groups in total. The summed E-state index contributed by atoms with van der Waals surface area (Å²) in [5, 5.41) is 17.6. The predicted octanol–water partition coefficient (Wildman–Crippen LogP) is 0.713. The van der Waals surface area contributed by atoms with Crippen LogP contribution in [0, 0.1) is 12.8 Å². The van der Waals surface area contributed by atoms with Crippen molar-refractivity contribution in [2.45, 2.75) is 32.9 Å². The van der Waals surface area contributed by atoms with Crippen LogP contribution in [-0.4, -0.2) is 32.6 Å². The van der Waals surface area contributed by atoms with Crippen LogP contribution in [0.5, 0.6) is 0 Å². The minimum Gasteiger partial charge on any atom is -0.338 e. The van der Waals surface area contributed by atoms with Crippen molar-refractivity contribution in [3.8, 4) is 0 Å². The number of rotatable bonds is 7. The third-order valence-corrected chi connectivity index (χ3v) is 3.22. The molecule has 0 unspecified atom stereocenters. The number of hydrogen-bond acceptors (Lipinski definition) is 6. The zero-order valence-corrected chi connectivity index (χ0v) is 11.9. The molecule has 0 radical (unpaired) electrons. The molecule has 0 atom stereocenters. The van der Waals surface area contributed by atoms with Gasteiger partial charge in [-0.1, -0.05) is 10.4 Å². The lowest BCUT2D eigenvalue weighted by Crippen LogP contribution is -2.19. The summed E-state index contributed by atoms with van der Waals surface area (Å²) >= 11 is 0. The van der Waals surface area contributed by atoms with E-state index in [4.69, 9.17) is 4.52 Å². The molecular weight excluding hydrogens is 272 g/mol. The highest BCUT2D eigenvalue weighted by Gasteiger charge is 2.20. The topological polar surface area (TPSA) is 97.9 Å². The van der Waals surface area contributed by atoms with Gasteiger partial charge in [0.1, 0.15) is 6.54 Å². The van der Waals surface area contributed by atoms with Gasteiger partial charge in [-0.15, -0.1) is 5.10 Å². The molecule has 1 aliphatic rings. The second-order valence-corrected chi connectivity index (χ2v) is 5.36. The Morgan fingerprint density at radius 3 is 3.10 bits per heavy atom. The first-order chi connectivity index (χ1) is 10.2. The van der Waals surface area contributed by atoms with Crippen molar-refractivity contribution in [1.82, 2.24) is 25.5 Å². The number of carbonyl (C=O) groups is 1. The molecular formula is C13H18N6O2. The highest BCUT2D eigenvalue weighted by Crippen LogP contribution is 2.27. The first-order valence-corrected chi connectivity index (χ1v) is 7.02. The maximum atomic E-state index is 11.8. The van der Waals surface area contributed by atoms with E-state index in [0.29, 0.717) is 12.4 Å². The standard InChI is InChI=1S/C13H18N6O2/c1-9-4-13(21-17-9)15-12(20)8-19-7-11(16-18-19)6-14-5-10-2-3-10/h4,7,10,14H,2-3,5-6,8H2,1H3,(H,15,20). The monoisotopic (exact) mass is 290 g/mol. The summed E-state index contributed by atoms with van der Waals surface area (Å²) < 4.78 is 6.43. The van der Waals surface area contributed by atoms with E-state index >= 15 is 0 Å². The fourth-order valence-electron chi connectivity index (χ4n) is 1.97. The molecule has 8 heteroatoms. The van der Waals surface area contributed by atoms with Gasteiger partial charge in [0, 0.05) is 12.6 Å². The Hall–Kier alpha value is -2.22. The van der Waals surface area contributed by atoms with Gasteiger partial charge < -0.3 is 9.84 Å². The summed E-state index contributed by atoms with van der Waals surface area (Å²) in [6, 6.07) is 1.66. The maximum Gasteiger partial charge on any atom is 0.248 e. The summed E-state index contributed by atoms with van der Waals surface area (Å²) in [5.41, 5.74) is 1.55. The lowest BCUT2D eigenvalue weighted by atomic mass is 10.4. The second-order valence-electron chi connectivity index (χ2n) is 5.36. The van der Waals surface area contributed by atoms with Crippen molar-refractivity contribution < 1.29 is 9.32 Å². The van der Waals surface area contributed by atoms with Crippen molar-refractivity contribution in [1.29, 1.82) is 0 Å². The number of carbonyl (C=O) groups excluding carboxylic acids is 1. The molecule has 8 nitrogen and oxygen atoms in total. The number of aromatic nitrogens is 4. The van der Waals surface area contributed by atoms with Crippen LogP contribution in [0.1, 0.15) is 24.2 Å². The molecule has 0 saturated heterocycles. The predicted molar refractivity (Wildman–Crippen MR) is 74.3 cm³/mol. The largest absolute Gasteiger partial charge is 0.338 e. The smallest absolute Gasteiger partial charge is 0.248 e. The van der Waals surface area contributed by atoms with Gasteiger partial charge in [0.25, 0.3) is 0 Å². The highest BCUT2D eigenvalue weighted by molar-refractivity contribution is 5.89. The Balaban J connectivity index is 1.45. The Morgan fingerprint density at radius 2 is 2.38 bits per heavy atom. The van der Waals surface area contributed by atoms with E-state index in [1.807, 2.05) is 0 Å². The van der Waals surface area contributed by atoms with E-state index in [2.05, 4.69) is 26.1 Å². The second kappa shape index (κ2) is 6.04. The fourth-order valence-corrected chi connectivity index (χ4v) is 1.97. The fraction of sp³-hybridized carbons (Fsp3) is 0.538. The molecule has 1 saturated carbocycles. The van der Waals surface area contributed by atoms with Crippen LogP contribution in [-0.2, 0) is 17.9 Å². The van der Waals surface area contributed by atoms with Gasteiger partial charge in [0.05, 0.1) is 17.6 Å². The molecule has 1 fully saturated rings. The van der Waals surface area contributed by atoms with Gasteiger partial charge in [-0.25, -0.2) is 4.68 Å². The average molecular weight is 290 g/mol. The minimum absolute atomic E-state index is 0.0926. The van der Waals surface area contributed by atoms with Crippen LogP contribution in [0.4, 0.5) is 5.88 Å². The zero-order chi connectivity index (χ0) is 14.7. The lowest BCUT2D eigenvalue weighted by Gasteiger charge is -2.00. The molecule has 0 aromatic carbocycles. The van der Waals surface area contributed by atoms with Crippen LogP contribution in [0.2, 0.25) is 0 Å². The molecule has 1 amide bonds. The molecule has 0 spiro atoms. The van der Waals surface area contributed by atoms with Gasteiger partial charge in [-0.3, -0.25) is 10.1 Å². The summed E-state index contributed by atoms with van der Waals surface area (Å²) in [6.07, 6.45) is 4.41. The average Bonchev–Trinajstić information content (AvgIpc) is 3.01. The minimum atomic E-state index is -0.228. The van der Waals surface area contributed by atoms with Gasteiger partial charge in [-0.2, -0.15) is 0 Å². The Morgan fingerprint density at radius 1 is 1.52 bits per heavy atom. The van der Waals surface area contributed by atoms with Crippen molar-refractivity contribution in [3.05, 3.63) is 23.7 Å². The van der Waals surface area contributed by atoms with Crippen LogP contribution in [0.3, 0.4) is 0 Å². The zero-order valence-electron chi connectivity index (χ0n) is 11.9. The van der Waals surface area contributed by atoms with Crippen LogP contribution in [0.15, 0.2) is 16.8 Å². The maximum absolute atomic E-state index is 11.8. The lowest BCUT2D eigenvalue weighted by molar-refractivity contribution is -0.117. The van der Waals surface area contributed by atoms with Gasteiger partial charge in [-0.05, 0) is 32.2 Å². The van der Waals surface area contributed by atoms with Crippen molar-refractivity contribution in [2.75, 3.05) is 11.9 Å². The molecule has 0 bridgehead atoms. The molecule has 1 aliphatic carbocycles. The molecule has 0 aliphatic heterocycles. The van der Waals surface area contributed by atoms with Crippen LogP contribution in [0.25, 0.3) is 0 Å². The third-order valence-electron chi connectivity index (χ3n) is 3.22. The number of hydrogen-bond donors (Lipinski definition) is 2. The highest BCUT2D eigenvalue weighted by atomic mass is 16.5. The van der Waals surface area contributed by atoms with Crippen LogP contribution < -0.4 is 10.6 Å². The van der Waals surface area contributed by atoms with Gasteiger partial charge in [0.15, 0.2) is 0 Å². The summed E-state index contributed by atoms with van der Waals surface area (Å²) in [6.45, 7) is 3.59. The first kappa shape index (κ1) is 13.7. The van der Waals surface area contributed by atoms with E-state index in [0.717, 1.165) is 23.9 Å². The van der Waals surface area contributed by atoms with E-state index in [-0.39, 0.29) is 12.5 Å². The number of nitrogens with one attached hydrogen (secondary N) is 2. The van der Waals surface area contributed by atoms with E-state index in [1.54, 1.807) is 19.2 Å².